The Kier molecular flexibility index (Phi) is 5.48. The van der Waals surface area contributed by atoms with Crippen molar-refractivity contribution in [3.8, 4) is 22.4 Å². The number of nitrogens with one attached hydrogen (secondary N) is 1. The van der Waals surface area contributed by atoms with E-state index in [4.69, 9.17) is 0 Å². The summed E-state index contributed by atoms with van der Waals surface area (Å²) >= 11 is 0. The lowest BCUT2D eigenvalue weighted by atomic mass is 9.80. The van der Waals surface area contributed by atoms with Gasteiger partial charge in [0.2, 0.25) is 5.82 Å². The standard InChI is InChI=1S/C28H24F4N4O2/c1-13-6-9-19(29)23-21-11-20-24(25(35-26(34-20)27(37)38)33-14(2)15-4-3-5-15)36(21)12-16-7-8-17(28(30,31)32)10-18(16)22(13)23/h6-11,14-15H,3-5,12H2,1-2H3,(H,37,38)(H,33,34,35)/t14-/m1/s1. The van der Waals surface area contributed by atoms with Crippen LogP contribution < -0.4 is 5.32 Å². The zero-order valence-electron chi connectivity index (χ0n) is 20.7. The van der Waals surface area contributed by atoms with Crippen LogP contribution in [0.2, 0.25) is 0 Å². The summed E-state index contributed by atoms with van der Waals surface area (Å²) in [5.74, 6) is -1.55. The minimum atomic E-state index is -4.55. The molecule has 2 aromatic heterocycles. The molecule has 0 unspecified atom stereocenters. The first-order valence-electron chi connectivity index (χ1n) is 12.4. The lowest BCUT2D eigenvalue weighted by Gasteiger charge is -2.32. The maximum absolute atomic E-state index is 15.6. The largest absolute Gasteiger partial charge is 0.475 e. The highest BCUT2D eigenvalue weighted by Gasteiger charge is 2.34. The summed E-state index contributed by atoms with van der Waals surface area (Å²) in [6, 6.07) is 7.97. The number of aromatic carboxylic acids is 1. The first-order valence-corrected chi connectivity index (χ1v) is 12.4. The third-order valence-electron chi connectivity index (χ3n) is 7.81. The number of carboxylic acid groups (broad SMARTS) is 1. The van der Waals surface area contributed by atoms with E-state index in [0.29, 0.717) is 50.7 Å². The predicted octanol–water partition coefficient (Wildman–Crippen LogP) is 6.89. The Labute approximate surface area is 215 Å². The highest BCUT2D eigenvalue weighted by atomic mass is 19.4. The Hall–Kier alpha value is -3.95. The Morgan fingerprint density at radius 2 is 1.89 bits per heavy atom. The van der Waals surface area contributed by atoms with Gasteiger partial charge in [0.25, 0.3) is 0 Å². The molecular weight excluding hydrogens is 500 g/mol. The van der Waals surface area contributed by atoms with Crippen molar-refractivity contribution in [3.63, 3.8) is 0 Å². The SMILES string of the molecule is Cc1ccc(F)c2c1-c1cc(C(F)(F)F)ccc1Cn1c-2cc2nc(C(=O)O)nc(N[C@H](C)C3CCC3)c21. The molecule has 38 heavy (non-hydrogen) atoms. The summed E-state index contributed by atoms with van der Waals surface area (Å²) in [5.41, 5.74) is 2.41. The molecule has 4 aromatic rings. The van der Waals surface area contributed by atoms with Gasteiger partial charge in [-0.2, -0.15) is 13.2 Å². The van der Waals surface area contributed by atoms with Gasteiger partial charge in [-0.25, -0.2) is 19.2 Å². The second kappa shape index (κ2) is 8.54. The minimum Gasteiger partial charge on any atom is -0.475 e. The van der Waals surface area contributed by atoms with Crippen molar-refractivity contribution in [1.82, 2.24) is 14.5 Å². The van der Waals surface area contributed by atoms with Crippen LogP contribution in [0.5, 0.6) is 0 Å². The van der Waals surface area contributed by atoms with E-state index in [9.17, 15) is 23.1 Å². The van der Waals surface area contributed by atoms with Gasteiger partial charge in [-0.1, -0.05) is 18.6 Å². The molecule has 1 atom stereocenters. The zero-order chi connectivity index (χ0) is 26.9. The fourth-order valence-electron chi connectivity index (χ4n) is 5.58. The van der Waals surface area contributed by atoms with Gasteiger partial charge in [0.1, 0.15) is 11.3 Å². The molecule has 6 rings (SSSR count). The summed E-state index contributed by atoms with van der Waals surface area (Å²) in [6.45, 7) is 3.87. The molecule has 1 fully saturated rings. The Bertz CT molecular complexity index is 1620. The molecule has 0 bridgehead atoms. The summed E-state index contributed by atoms with van der Waals surface area (Å²) < 4.78 is 58.3. The topological polar surface area (TPSA) is 80.0 Å². The van der Waals surface area contributed by atoms with Gasteiger partial charge < -0.3 is 15.0 Å². The number of hydrogen-bond donors (Lipinski definition) is 2. The van der Waals surface area contributed by atoms with Crippen LogP contribution >= 0.6 is 0 Å². The molecule has 3 heterocycles. The summed E-state index contributed by atoms with van der Waals surface area (Å²) in [5, 5.41) is 13.0. The predicted molar refractivity (Wildman–Crippen MR) is 135 cm³/mol. The average Bonchev–Trinajstić information content (AvgIpc) is 3.09. The van der Waals surface area contributed by atoms with Gasteiger partial charge in [0, 0.05) is 18.2 Å². The fourth-order valence-corrected chi connectivity index (χ4v) is 5.58. The van der Waals surface area contributed by atoms with E-state index < -0.39 is 23.5 Å². The smallest absolute Gasteiger partial charge is 0.416 e. The number of anilines is 1. The second-order valence-electron chi connectivity index (χ2n) is 10.2. The third kappa shape index (κ3) is 3.81. The van der Waals surface area contributed by atoms with Crippen LogP contribution in [-0.4, -0.2) is 31.7 Å². The Morgan fingerprint density at radius 3 is 2.55 bits per heavy atom. The number of carbonyl (C=O) groups is 1. The molecule has 1 saturated carbocycles. The number of carboxylic acids is 1. The molecule has 1 aliphatic carbocycles. The first-order chi connectivity index (χ1) is 18.0. The van der Waals surface area contributed by atoms with E-state index in [2.05, 4.69) is 15.3 Å². The van der Waals surface area contributed by atoms with E-state index in [1.807, 2.05) is 6.92 Å². The second-order valence-corrected chi connectivity index (χ2v) is 10.2. The third-order valence-corrected chi connectivity index (χ3v) is 7.81. The number of aryl methyl sites for hydroxylation is 1. The molecule has 0 amide bonds. The van der Waals surface area contributed by atoms with Crippen LogP contribution in [0, 0.1) is 18.7 Å². The van der Waals surface area contributed by atoms with Crippen molar-refractivity contribution in [2.45, 2.75) is 51.9 Å². The van der Waals surface area contributed by atoms with Crippen molar-refractivity contribution >= 4 is 22.8 Å². The lowest BCUT2D eigenvalue weighted by Crippen LogP contribution is -2.31. The van der Waals surface area contributed by atoms with Crippen molar-refractivity contribution in [2.75, 3.05) is 5.32 Å². The van der Waals surface area contributed by atoms with Crippen molar-refractivity contribution in [1.29, 1.82) is 0 Å². The van der Waals surface area contributed by atoms with Gasteiger partial charge in [-0.15, -0.1) is 0 Å². The van der Waals surface area contributed by atoms with E-state index in [1.54, 1.807) is 23.6 Å². The number of rotatable bonds is 4. The molecule has 6 nitrogen and oxygen atoms in total. The normalized spacial score (nSPS) is 15.7. The molecule has 0 spiro atoms. The number of fused-ring (bicyclic) bond motifs is 7. The molecular formula is C28H24F4N4O2. The van der Waals surface area contributed by atoms with E-state index in [-0.39, 0.29) is 24.0 Å². The van der Waals surface area contributed by atoms with E-state index >= 15 is 4.39 Å². The maximum atomic E-state index is 15.6. The fraction of sp³-hybridized carbons (Fsp3) is 0.321. The van der Waals surface area contributed by atoms with Gasteiger partial charge >= 0.3 is 12.1 Å². The summed E-state index contributed by atoms with van der Waals surface area (Å²) in [4.78, 5) is 20.4. The van der Waals surface area contributed by atoms with Crippen LogP contribution in [0.4, 0.5) is 23.4 Å². The molecule has 2 aromatic carbocycles. The van der Waals surface area contributed by atoms with Gasteiger partial charge in [0.05, 0.1) is 16.8 Å². The highest BCUT2D eigenvalue weighted by Crippen LogP contribution is 2.46. The number of nitrogens with zero attached hydrogens (tertiary/aromatic N) is 3. The minimum absolute atomic E-state index is 0.00770. The highest BCUT2D eigenvalue weighted by molar-refractivity contribution is 5.98. The van der Waals surface area contributed by atoms with Crippen molar-refractivity contribution in [2.24, 2.45) is 5.92 Å². The van der Waals surface area contributed by atoms with Gasteiger partial charge in [-0.3, -0.25) is 0 Å². The van der Waals surface area contributed by atoms with E-state index in [0.717, 1.165) is 31.4 Å². The van der Waals surface area contributed by atoms with Gasteiger partial charge in [-0.05, 0) is 79.1 Å². The van der Waals surface area contributed by atoms with Crippen LogP contribution in [0.25, 0.3) is 33.4 Å². The monoisotopic (exact) mass is 524 g/mol. The molecule has 10 heteroatoms. The van der Waals surface area contributed by atoms with Crippen LogP contribution in [-0.2, 0) is 12.7 Å². The summed E-state index contributed by atoms with van der Waals surface area (Å²) in [7, 11) is 0. The lowest BCUT2D eigenvalue weighted by molar-refractivity contribution is -0.137. The summed E-state index contributed by atoms with van der Waals surface area (Å²) in [6.07, 6.45) is -1.33. The number of hydrogen-bond acceptors (Lipinski definition) is 4. The van der Waals surface area contributed by atoms with Crippen molar-refractivity contribution in [3.05, 3.63) is 64.7 Å². The maximum Gasteiger partial charge on any atom is 0.416 e. The van der Waals surface area contributed by atoms with Gasteiger partial charge in [0.15, 0.2) is 5.82 Å². The molecule has 2 aliphatic rings. The number of halogens is 4. The van der Waals surface area contributed by atoms with Crippen LogP contribution in [0.3, 0.4) is 0 Å². The average molecular weight is 525 g/mol. The quantitative estimate of drug-likeness (QED) is 0.250. The Morgan fingerprint density at radius 1 is 1.13 bits per heavy atom. The van der Waals surface area contributed by atoms with E-state index in [1.165, 1.54) is 12.1 Å². The molecule has 1 aliphatic heterocycles. The first kappa shape index (κ1) is 24.4. The zero-order valence-corrected chi connectivity index (χ0v) is 20.7. The molecule has 2 N–H and O–H groups in total. The van der Waals surface area contributed by atoms with Crippen LogP contribution in [0.1, 0.15) is 53.5 Å². The Balaban J connectivity index is 1.65. The van der Waals surface area contributed by atoms with Crippen molar-refractivity contribution < 1.29 is 27.5 Å². The molecule has 0 radical (unpaired) electrons. The number of aromatic nitrogens is 3. The number of benzene rings is 2. The number of alkyl halides is 3. The molecule has 196 valence electrons. The molecule has 0 saturated heterocycles. The van der Waals surface area contributed by atoms with Crippen LogP contribution in [0.15, 0.2) is 36.4 Å².